The molecule has 3 N–H and O–H groups in total. The number of benzene rings is 2. The van der Waals surface area contributed by atoms with Crippen molar-refractivity contribution in [1.82, 2.24) is 15.8 Å². The lowest BCUT2D eigenvalue weighted by atomic mass is 9.98. The van der Waals surface area contributed by atoms with E-state index in [1.54, 1.807) is 0 Å². The number of carboxylic acids is 1. The molecule has 1 aliphatic carbocycles. The van der Waals surface area contributed by atoms with Crippen LogP contribution in [0.2, 0.25) is 0 Å². The molecule has 1 heterocycles. The lowest BCUT2D eigenvalue weighted by molar-refractivity contribution is -0.138. The van der Waals surface area contributed by atoms with Crippen LogP contribution in [0.4, 0.5) is 13.6 Å². The highest BCUT2D eigenvalue weighted by Gasteiger charge is 2.29. The van der Waals surface area contributed by atoms with Crippen LogP contribution >= 0.6 is 0 Å². The highest BCUT2D eigenvalue weighted by atomic mass is 19.3. The van der Waals surface area contributed by atoms with Crippen molar-refractivity contribution in [1.29, 1.82) is 0 Å². The van der Waals surface area contributed by atoms with Crippen molar-refractivity contribution < 1.29 is 37.5 Å². The topological polar surface area (TPSA) is 131 Å². The number of rotatable bonds is 9. The van der Waals surface area contributed by atoms with Crippen LogP contribution in [-0.4, -0.2) is 47.3 Å². The third kappa shape index (κ3) is 5.45. The molecule has 1 unspecified atom stereocenters. The Morgan fingerprint density at radius 2 is 1.69 bits per heavy atom. The first-order valence-corrected chi connectivity index (χ1v) is 10.7. The van der Waals surface area contributed by atoms with E-state index >= 15 is 0 Å². The summed E-state index contributed by atoms with van der Waals surface area (Å²) in [6.07, 6.45) is -4.73. The molecule has 0 saturated carbocycles. The predicted molar refractivity (Wildman–Crippen MR) is 118 cm³/mol. The minimum absolute atomic E-state index is 0.0792. The number of nitrogens with one attached hydrogen (secondary N) is 2. The van der Waals surface area contributed by atoms with E-state index in [1.165, 1.54) is 0 Å². The molecule has 2 amide bonds. The van der Waals surface area contributed by atoms with Crippen LogP contribution in [0.15, 0.2) is 59.1 Å². The standard InChI is InChI=1S/C24H21F2N3O6/c25-22(26)19(10-21(30)31)28-23(32)20-9-13(35-29-20)11-27-24(33)34-12-18-16-7-3-1-5-14(16)15-6-2-4-8-17(15)18/h1-9,18-19,22H,10-12H2,(H,27,33)(H,28,32)(H,30,31). The molecule has 35 heavy (non-hydrogen) atoms. The zero-order chi connectivity index (χ0) is 24.9. The molecule has 11 heteroatoms. The largest absolute Gasteiger partial charge is 0.481 e. The van der Waals surface area contributed by atoms with Crippen LogP contribution in [-0.2, 0) is 16.1 Å². The third-order valence-electron chi connectivity index (χ3n) is 5.56. The van der Waals surface area contributed by atoms with Crippen molar-refractivity contribution in [2.75, 3.05) is 6.61 Å². The first kappa shape index (κ1) is 23.9. The van der Waals surface area contributed by atoms with Crippen LogP contribution in [0.1, 0.15) is 39.7 Å². The summed E-state index contributed by atoms with van der Waals surface area (Å²) in [5.41, 5.74) is 4.00. The average Bonchev–Trinajstić information content (AvgIpc) is 3.44. The third-order valence-corrected chi connectivity index (χ3v) is 5.56. The number of aromatic nitrogens is 1. The predicted octanol–water partition coefficient (Wildman–Crippen LogP) is 3.55. The van der Waals surface area contributed by atoms with E-state index in [9.17, 15) is 23.2 Å². The Labute approximate surface area is 198 Å². The number of halogens is 2. The van der Waals surface area contributed by atoms with E-state index in [0.29, 0.717) is 0 Å². The fourth-order valence-corrected chi connectivity index (χ4v) is 3.95. The number of hydrogen-bond acceptors (Lipinski definition) is 6. The van der Waals surface area contributed by atoms with Gasteiger partial charge in [0.25, 0.3) is 12.3 Å². The number of ether oxygens (including phenoxy) is 1. The van der Waals surface area contributed by atoms with E-state index in [1.807, 2.05) is 53.8 Å². The zero-order valence-electron chi connectivity index (χ0n) is 18.2. The van der Waals surface area contributed by atoms with Crippen LogP contribution < -0.4 is 10.6 Å². The van der Waals surface area contributed by atoms with Crippen LogP contribution in [0.25, 0.3) is 11.1 Å². The fourth-order valence-electron chi connectivity index (χ4n) is 3.95. The summed E-state index contributed by atoms with van der Waals surface area (Å²) in [6.45, 7) is -0.0487. The molecular weight excluding hydrogens is 464 g/mol. The van der Waals surface area contributed by atoms with Gasteiger partial charge in [-0.3, -0.25) is 9.59 Å². The van der Waals surface area contributed by atoms with Gasteiger partial charge in [0.2, 0.25) is 0 Å². The highest BCUT2D eigenvalue weighted by Crippen LogP contribution is 2.44. The van der Waals surface area contributed by atoms with Gasteiger partial charge in [-0.2, -0.15) is 0 Å². The van der Waals surface area contributed by atoms with Gasteiger partial charge in [0.05, 0.1) is 13.0 Å². The van der Waals surface area contributed by atoms with Crippen molar-refractivity contribution in [2.45, 2.75) is 31.4 Å². The molecule has 0 saturated heterocycles. The Morgan fingerprint density at radius 3 is 2.29 bits per heavy atom. The lowest BCUT2D eigenvalue weighted by Crippen LogP contribution is -2.41. The fraction of sp³-hybridized carbons (Fsp3) is 0.250. The van der Waals surface area contributed by atoms with Crippen molar-refractivity contribution >= 4 is 18.0 Å². The number of carboxylic acid groups (broad SMARTS) is 1. The van der Waals surface area contributed by atoms with Crippen LogP contribution in [0, 0.1) is 0 Å². The normalized spacial score (nSPS) is 13.1. The molecule has 0 bridgehead atoms. The Balaban J connectivity index is 1.30. The Kier molecular flexibility index (Phi) is 7.04. The Bertz CT molecular complexity index is 1200. The summed E-state index contributed by atoms with van der Waals surface area (Å²) in [4.78, 5) is 35.0. The number of amides is 2. The molecule has 0 radical (unpaired) electrons. The summed E-state index contributed by atoms with van der Waals surface area (Å²) >= 11 is 0. The zero-order valence-corrected chi connectivity index (χ0v) is 18.2. The maximum Gasteiger partial charge on any atom is 0.407 e. The number of nitrogens with zero attached hydrogens (tertiary/aromatic N) is 1. The Morgan fingerprint density at radius 1 is 1.06 bits per heavy atom. The summed E-state index contributed by atoms with van der Waals surface area (Å²) in [7, 11) is 0. The van der Waals surface area contributed by atoms with Gasteiger partial charge in [-0.05, 0) is 22.3 Å². The van der Waals surface area contributed by atoms with E-state index in [0.717, 1.165) is 28.3 Å². The number of carbonyl (C=O) groups excluding carboxylic acids is 2. The minimum Gasteiger partial charge on any atom is -0.481 e. The molecular formula is C24H21F2N3O6. The molecule has 4 rings (SSSR count). The summed E-state index contributed by atoms with van der Waals surface area (Å²) < 4.78 is 36.2. The molecule has 0 aliphatic heterocycles. The number of alkyl carbamates (subject to hydrolysis) is 1. The SMILES string of the molecule is O=C(O)CC(NC(=O)c1cc(CNC(=O)OCC2c3ccccc3-c3ccccc32)on1)C(F)F. The van der Waals surface area contributed by atoms with Crippen molar-refractivity contribution in [3.63, 3.8) is 0 Å². The van der Waals surface area contributed by atoms with Crippen molar-refractivity contribution in [3.05, 3.63) is 77.2 Å². The van der Waals surface area contributed by atoms with Gasteiger partial charge < -0.3 is 25.0 Å². The quantitative estimate of drug-likeness (QED) is 0.422. The number of fused-ring (bicyclic) bond motifs is 3. The molecule has 2 aromatic carbocycles. The van der Waals surface area contributed by atoms with Gasteiger partial charge in [0.15, 0.2) is 11.5 Å². The summed E-state index contributed by atoms with van der Waals surface area (Å²) in [5.74, 6) is -2.53. The van der Waals surface area contributed by atoms with Gasteiger partial charge >= 0.3 is 12.1 Å². The average molecular weight is 485 g/mol. The second kappa shape index (κ2) is 10.3. The number of carbonyl (C=O) groups is 3. The van der Waals surface area contributed by atoms with Gasteiger partial charge in [0.1, 0.15) is 12.6 Å². The first-order chi connectivity index (χ1) is 16.8. The second-order valence-corrected chi connectivity index (χ2v) is 7.87. The summed E-state index contributed by atoms with van der Waals surface area (Å²) in [5, 5.41) is 16.5. The molecule has 182 valence electrons. The molecule has 1 aliphatic rings. The molecule has 1 aromatic heterocycles. The van der Waals surface area contributed by atoms with Gasteiger partial charge in [-0.15, -0.1) is 0 Å². The molecule has 3 aromatic rings. The van der Waals surface area contributed by atoms with Crippen LogP contribution in [0.5, 0.6) is 0 Å². The molecule has 0 spiro atoms. The van der Waals surface area contributed by atoms with Crippen molar-refractivity contribution in [3.8, 4) is 11.1 Å². The highest BCUT2D eigenvalue weighted by molar-refractivity contribution is 5.92. The van der Waals surface area contributed by atoms with E-state index in [4.69, 9.17) is 14.4 Å². The first-order valence-electron chi connectivity index (χ1n) is 10.7. The van der Waals surface area contributed by atoms with Gasteiger partial charge in [-0.25, -0.2) is 13.6 Å². The van der Waals surface area contributed by atoms with Gasteiger partial charge in [-0.1, -0.05) is 53.7 Å². The number of aliphatic carboxylic acids is 1. The maximum atomic E-state index is 12.9. The smallest absolute Gasteiger partial charge is 0.407 e. The molecule has 9 nitrogen and oxygen atoms in total. The molecule has 0 fully saturated rings. The second-order valence-electron chi connectivity index (χ2n) is 7.87. The maximum absolute atomic E-state index is 12.9. The number of hydrogen-bond donors (Lipinski definition) is 3. The lowest BCUT2D eigenvalue weighted by Gasteiger charge is -2.14. The number of alkyl halides is 2. The monoisotopic (exact) mass is 485 g/mol. The van der Waals surface area contributed by atoms with Crippen molar-refractivity contribution in [2.24, 2.45) is 0 Å². The van der Waals surface area contributed by atoms with Crippen LogP contribution in [0.3, 0.4) is 0 Å². The summed E-state index contributed by atoms with van der Waals surface area (Å²) in [6, 6.07) is 15.1. The van der Waals surface area contributed by atoms with E-state index in [2.05, 4.69) is 10.5 Å². The Hall–Kier alpha value is -4.28. The van der Waals surface area contributed by atoms with E-state index in [-0.39, 0.29) is 30.5 Å². The molecule has 1 atom stereocenters. The van der Waals surface area contributed by atoms with E-state index < -0.39 is 36.9 Å². The van der Waals surface area contributed by atoms with Gasteiger partial charge in [0, 0.05) is 12.0 Å². The minimum atomic E-state index is -3.07.